The van der Waals surface area contributed by atoms with Crippen LogP contribution in [-0.2, 0) is 4.74 Å². The Bertz CT molecular complexity index is 955. The highest BCUT2D eigenvalue weighted by atomic mass is 16.5. The number of ether oxygens (including phenoxy) is 1. The average molecular weight is 361 g/mol. The van der Waals surface area contributed by atoms with Crippen molar-refractivity contribution in [1.82, 2.24) is 19.9 Å². The predicted octanol–water partition coefficient (Wildman–Crippen LogP) is 1.77. The summed E-state index contributed by atoms with van der Waals surface area (Å²) in [5, 5.41) is 8.63. The number of nitrogens with one attached hydrogen (secondary N) is 1. The van der Waals surface area contributed by atoms with Crippen molar-refractivity contribution in [3.8, 4) is 11.3 Å². The van der Waals surface area contributed by atoms with Gasteiger partial charge in [0.2, 0.25) is 0 Å². The van der Waals surface area contributed by atoms with E-state index in [1.807, 2.05) is 18.2 Å². The lowest BCUT2D eigenvalue weighted by molar-refractivity contribution is 0.122. The third-order valence-corrected chi connectivity index (χ3v) is 4.43. The third kappa shape index (κ3) is 3.61. The van der Waals surface area contributed by atoms with Crippen molar-refractivity contribution < 1.29 is 4.74 Å². The van der Waals surface area contributed by atoms with Gasteiger partial charge in [-0.2, -0.15) is 0 Å². The molecule has 1 aliphatic heterocycles. The van der Waals surface area contributed by atoms with Crippen LogP contribution in [0.5, 0.6) is 0 Å². The molecular formula is C19H19N7O. The maximum absolute atomic E-state index is 8.63. The van der Waals surface area contributed by atoms with Gasteiger partial charge < -0.3 is 15.4 Å². The molecule has 1 aliphatic rings. The van der Waals surface area contributed by atoms with E-state index in [1.54, 1.807) is 24.7 Å². The molecule has 0 spiro atoms. The number of hydrogen-bond acceptors (Lipinski definition) is 8. The summed E-state index contributed by atoms with van der Waals surface area (Å²) in [6, 6.07) is 7.31. The van der Waals surface area contributed by atoms with E-state index in [-0.39, 0.29) is 5.71 Å². The molecule has 4 rings (SSSR count). The highest BCUT2D eigenvalue weighted by Crippen LogP contribution is 2.24. The van der Waals surface area contributed by atoms with Crippen LogP contribution in [0, 0.1) is 5.41 Å². The van der Waals surface area contributed by atoms with E-state index in [4.69, 9.17) is 15.9 Å². The summed E-state index contributed by atoms with van der Waals surface area (Å²) >= 11 is 0. The number of nitrogens with zero attached hydrogens (tertiary/aromatic N) is 5. The number of rotatable bonds is 4. The van der Waals surface area contributed by atoms with E-state index in [0.29, 0.717) is 30.2 Å². The number of nitrogens with two attached hydrogens (primary N) is 1. The average Bonchev–Trinajstić information content (AvgIpc) is 2.75. The van der Waals surface area contributed by atoms with Crippen molar-refractivity contribution in [2.75, 3.05) is 36.9 Å². The number of benzene rings is 1. The first-order chi connectivity index (χ1) is 13.2. The van der Waals surface area contributed by atoms with E-state index < -0.39 is 0 Å². The van der Waals surface area contributed by atoms with Gasteiger partial charge in [-0.05, 0) is 12.1 Å². The number of nitrogen functional groups attached to an aromatic ring is 1. The van der Waals surface area contributed by atoms with E-state index in [0.717, 1.165) is 30.2 Å². The van der Waals surface area contributed by atoms with E-state index >= 15 is 0 Å². The van der Waals surface area contributed by atoms with Crippen LogP contribution in [-0.4, -0.2) is 52.0 Å². The van der Waals surface area contributed by atoms with Crippen molar-refractivity contribution in [2.24, 2.45) is 0 Å². The molecule has 1 saturated heterocycles. The van der Waals surface area contributed by atoms with Gasteiger partial charge in [-0.25, -0.2) is 9.97 Å². The van der Waals surface area contributed by atoms with Crippen LogP contribution in [0.25, 0.3) is 11.3 Å². The highest BCUT2D eigenvalue weighted by molar-refractivity contribution is 6.13. The Kier molecular flexibility index (Phi) is 4.71. The molecular weight excluding hydrogens is 342 g/mol. The Morgan fingerprint density at radius 2 is 1.93 bits per heavy atom. The van der Waals surface area contributed by atoms with Gasteiger partial charge in [-0.3, -0.25) is 15.4 Å². The molecule has 0 amide bonds. The van der Waals surface area contributed by atoms with Crippen LogP contribution < -0.4 is 10.6 Å². The minimum Gasteiger partial charge on any atom is -0.398 e. The second-order valence-electron chi connectivity index (χ2n) is 6.13. The molecule has 0 atom stereocenters. The summed E-state index contributed by atoms with van der Waals surface area (Å²) in [4.78, 5) is 19.1. The van der Waals surface area contributed by atoms with E-state index in [9.17, 15) is 0 Å². The summed E-state index contributed by atoms with van der Waals surface area (Å²) in [5.41, 5.74) is 9.59. The minimum atomic E-state index is 0.246. The zero-order valence-corrected chi connectivity index (χ0v) is 14.7. The van der Waals surface area contributed by atoms with Gasteiger partial charge in [0, 0.05) is 48.4 Å². The Labute approximate surface area is 156 Å². The van der Waals surface area contributed by atoms with Gasteiger partial charge in [0.05, 0.1) is 36.5 Å². The van der Waals surface area contributed by atoms with Gasteiger partial charge in [-0.15, -0.1) is 0 Å². The summed E-state index contributed by atoms with van der Waals surface area (Å²) in [6.07, 6.45) is 6.42. The Morgan fingerprint density at radius 3 is 2.70 bits per heavy atom. The predicted molar refractivity (Wildman–Crippen MR) is 103 cm³/mol. The van der Waals surface area contributed by atoms with Gasteiger partial charge in [0.25, 0.3) is 0 Å². The van der Waals surface area contributed by atoms with Crippen molar-refractivity contribution in [1.29, 1.82) is 5.41 Å². The lowest BCUT2D eigenvalue weighted by atomic mass is 10.0. The minimum absolute atomic E-state index is 0.246. The smallest absolute Gasteiger partial charge is 0.132 e. The standard InChI is InChI=1S/C19H19N7O/c20-15-2-1-13(17-11-22-3-4-23-17)9-14(15)19(21)16-10-18(25-12-24-16)26-5-7-27-8-6-26/h1-4,9-12,21H,5-8,20H2. The summed E-state index contributed by atoms with van der Waals surface area (Å²) in [7, 11) is 0. The van der Waals surface area contributed by atoms with E-state index in [2.05, 4.69) is 24.8 Å². The van der Waals surface area contributed by atoms with E-state index in [1.165, 1.54) is 6.33 Å². The lowest BCUT2D eigenvalue weighted by Gasteiger charge is -2.27. The number of morpholine rings is 1. The maximum Gasteiger partial charge on any atom is 0.132 e. The van der Waals surface area contributed by atoms with Crippen molar-refractivity contribution in [2.45, 2.75) is 0 Å². The molecule has 0 radical (unpaired) electrons. The Morgan fingerprint density at radius 1 is 1.07 bits per heavy atom. The number of hydrogen-bond donors (Lipinski definition) is 2. The molecule has 3 aromatic rings. The summed E-state index contributed by atoms with van der Waals surface area (Å²) < 4.78 is 5.38. The first-order valence-electron chi connectivity index (χ1n) is 8.62. The van der Waals surface area contributed by atoms with Gasteiger partial charge in [0.15, 0.2) is 0 Å². The third-order valence-electron chi connectivity index (χ3n) is 4.43. The van der Waals surface area contributed by atoms with Crippen molar-refractivity contribution in [3.05, 3.63) is 60.4 Å². The molecule has 0 saturated carbocycles. The van der Waals surface area contributed by atoms with Crippen LogP contribution in [0.4, 0.5) is 11.5 Å². The number of anilines is 2. The molecule has 0 unspecified atom stereocenters. The first kappa shape index (κ1) is 17.0. The largest absolute Gasteiger partial charge is 0.398 e. The molecule has 27 heavy (non-hydrogen) atoms. The van der Waals surface area contributed by atoms with Crippen LogP contribution in [0.15, 0.2) is 49.2 Å². The lowest BCUT2D eigenvalue weighted by Crippen LogP contribution is -2.36. The Hall–Kier alpha value is -3.39. The Balaban J connectivity index is 1.66. The fraction of sp³-hybridized carbons (Fsp3) is 0.211. The first-order valence-corrected chi connectivity index (χ1v) is 8.62. The molecule has 136 valence electrons. The normalized spacial score (nSPS) is 14.1. The molecule has 8 nitrogen and oxygen atoms in total. The quantitative estimate of drug-likeness (QED) is 0.537. The molecule has 3 N–H and O–H groups in total. The second-order valence-corrected chi connectivity index (χ2v) is 6.13. The molecule has 8 heteroatoms. The van der Waals surface area contributed by atoms with Crippen LogP contribution in [0.2, 0.25) is 0 Å². The monoisotopic (exact) mass is 361 g/mol. The van der Waals surface area contributed by atoms with Gasteiger partial charge >= 0.3 is 0 Å². The van der Waals surface area contributed by atoms with Crippen LogP contribution in [0.1, 0.15) is 11.3 Å². The van der Waals surface area contributed by atoms with Gasteiger partial charge in [-0.1, -0.05) is 6.07 Å². The topological polar surface area (TPSA) is 114 Å². The van der Waals surface area contributed by atoms with Crippen LogP contribution >= 0.6 is 0 Å². The zero-order chi connectivity index (χ0) is 18.6. The molecule has 3 heterocycles. The zero-order valence-electron chi connectivity index (χ0n) is 14.7. The molecule has 1 fully saturated rings. The summed E-state index contributed by atoms with van der Waals surface area (Å²) in [6.45, 7) is 2.88. The fourth-order valence-electron chi connectivity index (χ4n) is 2.97. The summed E-state index contributed by atoms with van der Waals surface area (Å²) in [5.74, 6) is 0.789. The highest BCUT2D eigenvalue weighted by Gasteiger charge is 2.16. The van der Waals surface area contributed by atoms with Gasteiger partial charge in [0.1, 0.15) is 12.1 Å². The maximum atomic E-state index is 8.63. The molecule has 1 aromatic carbocycles. The van der Waals surface area contributed by atoms with Crippen molar-refractivity contribution in [3.63, 3.8) is 0 Å². The SMILES string of the molecule is N=C(c1cc(N2CCOCC2)ncn1)c1cc(-c2cnccn2)ccc1N. The second kappa shape index (κ2) is 7.46. The molecule has 0 bridgehead atoms. The fourth-order valence-corrected chi connectivity index (χ4v) is 2.97. The molecule has 2 aromatic heterocycles. The molecule has 0 aliphatic carbocycles. The number of aromatic nitrogens is 4. The van der Waals surface area contributed by atoms with Crippen LogP contribution in [0.3, 0.4) is 0 Å². The van der Waals surface area contributed by atoms with Crippen molar-refractivity contribution >= 4 is 17.2 Å².